The van der Waals surface area contributed by atoms with E-state index in [0.717, 1.165) is 24.0 Å². The largest absolute Gasteiger partial charge is 0.455 e. The second-order valence-electron chi connectivity index (χ2n) is 7.95. The highest BCUT2D eigenvalue weighted by Gasteiger charge is 2.35. The van der Waals surface area contributed by atoms with Gasteiger partial charge in [-0.1, -0.05) is 60.7 Å². The van der Waals surface area contributed by atoms with Crippen molar-refractivity contribution in [1.82, 2.24) is 9.62 Å². The molecule has 0 atom stereocenters. The SMILES string of the molecule is Cc1oc(C(=O)NC(C)(c2ccccc2)c2ccccc2)cc1S(=O)(=O)N1CCCC1. The molecule has 1 N–H and O–H groups in total. The number of aryl methyl sites for hydroxylation is 1. The molecule has 1 fully saturated rings. The number of nitrogens with one attached hydrogen (secondary N) is 1. The average Bonchev–Trinajstić information content (AvgIpc) is 3.46. The molecule has 0 saturated carbocycles. The van der Waals surface area contributed by atoms with E-state index in [2.05, 4.69) is 5.32 Å². The number of amides is 1. The molecule has 1 aromatic heterocycles. The number of hydrogen-bond acceptors (Lipinski definition) is 4. The van der Waals surface area contributed by atoms with Gasteiger partial charge < -0.3 is 9.73 Å². The third-order valence-electron chi connectivity index (χ3n) is 5.84. The van der Waals surface area contributed by atoms with Crippen LogP contribution in [0, 0.1) is 6.92 Å². The first-order valence-corrected chi connectivity index (χ1v) is 11.8. The zero-order chi connectivity index (χ0) is 22.1. The minimum atomic E-state index is -3.67. The van der Waals surface area contributed by atoms with E-state index in [1.165, 1.54) is 10.4 Å². The van der Waals surface area contributed by atoms with Gasteiger partial charge in [-0.15, -0.1) is 0 Å². The lowest BCUT2D eigenvalue weighted by Crippen LogP contribution is -2.44. The standard InChI is InChI=1S/C24H26N2O4S/c1-18-22(31(28,29)26-15-9-10-16-26)17-21(30-18)23(27)25-24(2,19-11-5-3-6-12-19)20-13-7-4-8-14-20/h3-8,11-14,17H,9-10,15-16H2,1-2H3,(H,25,27). The quantitative estimate of drug-likeness (QED) is 0.629. The van der Waals surface area contributed by atoms with Crippen LogP contribution in [-0.4, -0.2) is 31.7 Å². The van der Waals surface area contributed by atoms with Crippen LogP contribution < -0.4 is 5.32 Å². The van der Waals surface area contributed by atoms with Crippen LogP contribution in [-0.2, 0) is 15.6 Å². The van der Waals surface area contributed by atoms with Gasteiger partial charge in [-0.25, -0.2) is 8.42 Å². The highest BCUT2D eigenvalue weighted by atomic mass is 32.2. The van der Waals surface area contributed by atoms with Crippen LogP contribution in [0.15, 0.2) is 76.0 Å². The number of furan rings is 1. The van der Waals surface area contributed by atoms with Gasteiger partial charge in [0.2, 0.25) is 10.0 Å². The molecule has 1 aliphatic heterocycles. The molecular weight excluding hydrogens is 412 g/mol. The Bertz CT molecular complexity index is 1130. The summed E-state index contributed by atoms with van der Waals surface area (Å²) in [4.78, 5) is 13.3. The third kappa shape index (κ3) is 4.03. The van der Waals surface area contributed by atoms with Gasteiger partial charge in [-0.3, -0.25) is 4.79 Å². The lowest BCUT2D eigenvalue weighted by atomic mass is 9.84. The minimum absolute atomic E-state index is 0.0200. The van der Waals surface area contributed by atoms with Crippen LogP contribution in [0.2, 0.25) is 0 Å². The maximum atomic E-state index is 13.2. The van der Waals surface area contributed by atoms with E-state index >= 15 is 0 Å². The first-order chi connectivity index (χ1) is 14.8. The summed E-state index contributed by atoms with van der Waals surface area (Å²) in [6.45, 7) is 4.49. The summed E-state index contributed by atoms with van der Waals surface area (Å²) in [5, 5.41) is 3.06. The third-order valence-corrected chi connectivity index (χ3v) is 7.85. The zero-order valence-corrected chi connectivity index (χ0v) is 18.5. The fourth-order valence-corrected chi connectivity index (χ4v) is 5.72. The van der Waals surface area contributed by atoms with E-state index in [1.807, 2.05) is 67.6 Å². The molecule has 1 saturated heterocycles. The zero-order valence-electron chi connectivity index (χ0n) is 17.7. The van der Waals surface area contributed by atoms with Crippen molar-refractivity contribution >= 4 is 15.9 Å². The molecule has 2 aromatic carbocycles. The summed E-state index contributed by atoms with van der Waals surface area (Å²) in [5.41, 5.74) is 0.986. The fraction of sp³-hybridized carbons (Fsp3) is 0.292. The Balaban J connectivity index is 1.68. The Morgan fingerprint density at radius 1 is 0.968 bits per heavy atom. The topological polar surface area (TPSA) is 79.6 Å². The van der Waals surface area contributed by atoms with Crippen LogP contribution in [0.1, 0.15) is 47.2 Å². The minimum Gasteiger partial charge on any atom is -0.455 e. The number of sulfonamides is 1. The van der Waals surface area contributed by atoms with Gasteiger partial charge in [0.15, 0.2) is 5.76 Å². The number of carbonyl (C=O) groups is 1. The summed E-state index contributed by atoms with van der Waals surface area (Å²) in [6, 6.07) is 20.6. The molecule has 0 spiro atoms. The van der Waals surface area contributed by atoms with Crippen LogP contribution >= 0.6 is 0 Å². The van der Waals surface area contributed by atoms with E-state index in [0.29, 0.717) is 13.1 Å². The van der Waals surface area contributed by atoms with E-state index < -0.39 is 21.5 Å². The maximum absolute atomic E-state index is 13.2. The number of hydrogen-bond donors (Lipinski definition) is 1. The monoisotopic (exact) mass is 438 g/mol. The summed E-state index contributed by atoms with van der Waals surface area (Å²) in [5.74, 6) is -0.271. The van der Waals surface area contributed by atoms with Crippen molar-refractivity contribution in [3.05, 3.63) is 89.4 Å². The first-order valence-electron chi connectivity index (χ1n) is 10.4. The van der Waals surface area contributed by atoms with Crippen molar-refractivity contribution in [1.29, 1.82) is 0 Å². The van der Waals surface area contributed by atoms with Gasteiger partial charge in [0.25, 0.3) is 5.91 Å². The Hall–Kier alpha value is -2.90. The van der Waals surface area contributed by atoms with Crippen LogP contribution in [0.5, 0.6) is 0 Å². The molecule has 6 nitrogen and oxygen atoms in total. The van der Waals surface area contributed by atoms with Crippen LogP contribution in [0.3, 0.4) is 0 Å². The number of carbonyl (C=O) groups excluding carboxylic acids is 1. The molecule has 162 valence electrons. The Kier molecular flexibility index (Phi) is 5.73. The molecular formula is C24H26N2O4S. The van der Waals surface area contributed by atoms with Crippen molar-refractivity contribution in [3.63, 3.8) is 0 Å². The van der Waals surface area contributed by atoms with Gasteiger partial charge in [0.05, 0.1) is 5.54 Å². The van der Waals surface area contributed by atoms with Gasteiger partial charge >= 0.3 is 0 Å². The highest BCUT2D eigenvalue weighted by Crippen LogP contribution is 2.31. The lowest BCUT2D eigenvalue weighted by molar-refractivity contribution is 0.0889. The predicted octanol–water partition coefficient (Wildman–Crippen LogP) is 4.07. The van der Waals surface area contributed by atoms with Crippen LogP contribution in [0.4, 0.5) is 0 Å². The fourth-order valence-electron chi connectivity index (χ4n) is 4.04. The number of nitrogens with zero attached hydrogens (tertiary/aromatic N) is 1. The Labute approximate surface area is 182 Å². The first kappa shape index (κ1) is 21.3. The van der Waals surface area contributed by atoms with E-state index in [4.69, 9.17) is 4.42 Å². The number of rotatable bonds is 6. The highest BCUT2D eigenvalue weighted by molar-refractivity contribution is 7.89. The van der Waals surface area contributed by atoms with Crippen molar-refractivity contribution in [3.8, 4) is 0 Å². The summed E-state index contributed by atoms with van der Waals surface area (Å²) in [6.07, 6.45) is 1.69. The van der Waals surface area contributed by atoms with Gasteiger partial charge in [-0.2, -0.15) is 4.31 Å². The lowest BCUT2D eigenvalue weighted by Gasteiger charge is -2.32. The molecule has 31 heavy (non-hydrogen) atoms. The van der Waals surface area contributed by atoms with Gasteiger partial charge in [-0.05, 0) is 37.8 Å². The predicted molar refractivity (Wildman–Crippen MR) is 118 cm³/mol. The maximum Gasteiger partial charge on any atom is 0.287 e. The van der Waals surface area contributed by atoms with E-state index in [1.54, 1.807) is 6.92 Å². The van der Waals surface area contributed by atoms with E-state index in [9.17, 15) is 13.2 Å². The van der Waals surface area contributed by atoms with Crippen molar-refractivity contribution < 1.29 is 17.6 Å². The molecule has 1 aliphatic rings. The molecule has 4 rings (SSSR count). The Morgan fingerprint density at radius 3 is 2.00 bits per heavy atom. The van der Waals surface area contributed by atoms with E-state index in [-0.39, 0.29) is 16.4 Å². The van der Waals surface area contributed by atoms with Crippen molar-refractivity contribution in [2.75, 3.05) is 13.1 Å². The van der Waals surface area contributed by atoms with Crippen molar-refractivity contribution in [2.24, 2.45) is 0 Å². The molecule has 7 heteroatoms. The van der Waals surface area contributed by atoms with Crippen molar-refractivity contribution in [2.45, 2.75) is 37.1 Å². The second-order valence-corrected chi connectivity index (χ2v) is 9.86. The molecule has 0 aliphatic carbocycles. The molecule has 3 aromatic rings. The summed E-state index contributed by atoms with van der Waals surface area (Å²) in [7, 11) is -3.67. The molecule has 0 unspecified atom stereocenters. The summed E-state index contributed by atoms with van der Waals surface area (Å²) < 4.78 is 33.0. The normalized spacial score (nSPS) is 15.2. The second kappa shape index (κ2) is 8.32. The molecule has 1 amide bonds. The molecule has 0 radical (unpaired) electrons. The molecule has 0 bridgehead atoms. The smallest absolute Gasteiger partial charge is 0.287 e. The van der Waals surface area contributed by atoms with Gasteiger partial charge in [0, 0.05) is 19.2 Å². The molecule has 2 heterocycles. The Morgan fingerprint density at radius 2 is 1.48 bits per heavy atom. The van der Waals surface area contributed by atoms with Crippen LogP contribution in [0.25, 0.3) is 0 Å². The summed E-state index contributed by atoms with van der Waals surface area (Å²) >= 11 is 0. The van der Waals surface area contributed by atoms with Gasteiger partial charge in [0.1, 0.15) is 10.7 Å². The number of benzene rings is 2. The average molecular weight is 439 g/mol.